The molecule has 0 saturated carbocycles. The van der Waals surface area contributed by atoms with Crippen molar-refractivity contribution in [2.24, 2.45) is 0 Å². The minimum Gasteiger partial charge on any atom is -0.388 e. The molecule has 0 aromatic heterocycles. The highest BCUT2D eigenvalue weighted by Gasteiger charge is 2.51. The summed E-state index contributed by atoms with van der Waals surface area (Å²) in [6, 6.07) is 3.48. The standard InChI is InChI=1S/C20H19ClF3NO6S/c21-11-2-1-8(20(28)25-9-4-12(22)17(24)13(23)5-9)3-16(11)32(29,30)10-6-14-18(26)19(27)15(7-10)31-14/h1-4,10,13-15,18-19,26-27H,5-7H2,(H,25,28)/t10?,13?,14-,15+,18-,19?/m1/s1. The fourth-order valence-corrected chi connectivity index (χ4v) is 6.46. The van der Waals surface area contributed by atoms with Crippen molar-refractivity contribution in [1.29, 1.82) is 0 Å². The van der Waals surface area contributed by atoms with Gasteiger partial charge in [-0.1, -0.05) is 11.6 Å². The van der Waals surface area contributed by atoms with Gasteiger partial charge in [-0.05, 0) is 37.1 Å². The molecule has 4 rings (SSSR count). The lowest BCUT2D eigenvalue weighted by Crippen LogP contribution is -2.36. The number of carbonyl (C=O) groups excluding carboxylic acids is 1. The van der Waals surface area contributed by atoms with E-state index < -0.39 is 69.7 Å². The number of halogens is 4. The number of aliphatic hydroxyl groups is 2. The third-order valence-electron chi connectivity index (χ3n) is 5.87. The van der Waals surface area contributed by atoms with Crippen molar-refractivity contribution in [3.8, 4) is 0 Å². The summed E-state index contributed by atoms with van der Waals surface area (Å²) in [5, 5.41) is 21.0. The summed E-state index contributed by atoms with van der Waals surface area (Å²) < 4.78 is 72.0. The monoisotopic (exact) mass is 493 g/mol. The van der Waals surface area contributed by atoms with E-state index in [0.29, 0.717) is 6.08 Å². The van der Waals surface area contributed by atoms with Crippen molar-refractivity contribution in [2.75, 3.05) is 0 Å². The minimum absolute atomic E-state index is 0.0637. The molecule has 1 aromatic carbocycles. The van der Waals surface area contributed by atoms with Crippen LogP contribution in [0.2, 0.25) is 5.02 Å². The number of nitrogens with one attached hydrogen (secondary N) is 1. The molecule has 2 fully saturated rings. The average Bonchev–Trinajstić information content (AvgIpc) is 2.94. The van der Waals surface area contributed by atoms with Crippen molar-refractivity contribution in [1.82, 2.24) is 5.32 Å². The number of alkyl halides is 1. The summed E-state index contributed by atoms with van der Waals surface area (Å²) in [5.41, 5.74) is -0.348. The first-order chi connectivity index (χ1) is 15.0. The van der Waals surface area contributed by atoms with E-state index in [0.717, 1.165) is 6.07 Å². The number of benzene rings is 1. The molecule has 2 aliphatic heterocycles. The molecule has 12 heteroatoms. The van der Waals surface area contributed by atoms with E-state index in [9.17, 15) is 36.6 Å². The number of ether oxygens (including phenoxy) is 1. The van der Waals surface area contributed by atoms with E-state index in [-0.39, 0.29) is 34.0 Å². The molecule has 0 radical (unpaired) electrons. The smallest absolute Gasteiger partial charge is 0.255 e. The van der Waals surface area contributed by atoms with Gasteiger partial charge in [0.25, 0.3) is 5.91 Å². The summed E-state index contributed by atoms with van der Waals surface area (Å²) in [7, 11) is -4.09. The number of hydrogen-bond donors (Lipinski definition) is 3. The molecular weight excluding hydrogens is 475 g/mol. The molecule has 2 saturated heterocycles. The van der Waals surface area contributed by atoms with Gasteiger partial charge >= 0.3 is 0 Å². The Balaban J connectivity index is 1.58. The molecule has 1 amide bonds. The van der Waals surface area contributed by atoms with Gasteiger partial charge in [0.15, 0.2) is 27.7 Å². The summed E-state index contributed by atoms with van der Waals surface area (Å²) >= 11 is 6.10. The molecule has 1 aromatic rings. The Morgan fingerprint density at radius 2 is 1.78 bits per heavy atom. The highest BCUT2D eigenvalue weighted by atomic mass is 35.5. The Kier molecular flexibility index (Phi) is 6.14. The summed E-state index contributed by atoms with van der Waals surface area (Å²) in [6.07, 6.45) is -6.37. The lowest BCUT2D eigenvalue weighted by atomic mass is 10.1. The minimum atomic E-state index is -4.09. The van der Waals surface area contributed by atoms with Crippen molar-refractivity contribution in [3.05, 3.63) is 52.2 Å². The number of rotatable bonds is 4. The van der Waals surface area contributed by atoms with E-state index in [2.05, 4.69) is 5.32 Å². The second-order valence-electron chi connectivity index (χ2n) is 7.97. The van der Waals surface area contributed by atoms with E-state index in [1.165, 1.54) is 12.1 Å². The maximum atomic E-state index is 13.5. The van der Waals surface area contributed by atoms with E-state index in [1.807, 2.05) is 0 Å². The van der Waals surface area contributed by atoms with E-state index in [4.69, 9.17) is 16.3 Å². The number of allylic oxidation sites excluding steroid dienone is 4. The van der Waals surface area contributed by atoms with Gasteiger partial charge < -0.3 is 20.3 Å². The van der Waals surface area contributed by atoms with Gasteiger partial charge in [0.1, 0.15) is 12.2 Å². The third-order valence-corrected chi connectivity index (χ3v) is 8.52. The maximum absolute atomic E-state index is 13.5. The lowest BCUT2D eigenvalue weighted by Gasteiger charge is -2.28. The molecule has 6 atom stereocenters. The third kappa shape index (κ3) is 4.08. The second kappa shape index (κ2) is 8.45. The van der Waals surface area contributed by atoms with Gasteiger partial charge in [0.05, 0.1) is 27.4 Å². The zero-order chi connectivity index (χ0) is 23.4. The Morgan fingerprint density at radius 1 is 1.16 bits per heavy atom. The number of fused-ring (bicyclic) bond motifs is 2. The van der Waals surface area contributed by atoms with Crippen LogP contribution in [0.5, 0.6) is 0 Å². The van der Waals surface area contributed by atoms with Gasteiger partial charge in [-0.25, -0.2) is 21.6 Å². The highest BCUT2D eigenvalue weighted by Crippen LogP contribution is 2.39. The normalized spacial score (nSPS) is 32.6. The molecule has 32 heavy (non-hydrogen) atoms. The predicted octanol–water partition coefficient (Wildman–Crippen LogP) is 2.27. The number of aliphatic hydroxyl groups excluding tert-OH is 2. The second-order valence-corrected chi connectivity index (χ2v) is 10.6. The molecular formula is C20H19ClF3NO6S. The zero-order valence-corrected chi connectivity index (χ0v) is 17.9. The van der Waals surface area contributed by atoms with Crippen LogP contribution in [0, 0.1) is 0 Å². The van der Waals surface area contributed by atoms with Crippen molar-refractivity contribution in [2.45, 2.75) is 60.0 Å². The molecule has 7 nitrogen and oxygen atoms in total. The van der Waals surface area contributed by atoms with Crippen molar-refractivity contribution < 1.29 is 41.3 Å². The van der Waals surface area contributed by atoms with Gasteiger partial charge in [0.2, 0.25) is 0 Å². The Bertz CT molecular complexity index is 1110. The Hall–Kier alpha value is -1.92. The topological polar surface area (TPSA) is 113 Å². The number of carbonyl (C=O) groups is 1. The number of hydrogen-bond acceptors (Lipinski definition) is 6. The predicted molar refractivity (Wildman–Crippen MR) is 107 cm³/mol. The fraction of sp³-hybridized carbons (Fsp3) is 0.450. The molecule has 3 unspecified atom stereocenters. The van der Waals surface area contributed by atoms with Crippen molar-refractivity contribution >= 4 is 27.3 Å². The molecule has 174 valence electrons. The van der Waals surface area contributed by atoms with Crippen LogP contribution in [-0.4, -0.2) is 60.4 Å². The molecule has 3 N–H and O–H groups in total. The Labute approximate surface area is 186 Å². The lowest BCUT2D eigenvalue weighted by molar-refractivity contribution is -0.0254. The van der Waals surface area contributed by atoms with Gasteiger partial charge in [-0.3, -0.25) is 4.79 Å². The largest absolute Gasteiger partial charge is 0.388 e. The van der Waals surface area contributed by atoms with Crippen LogP contribution >= 0.6 is 11.6 Å². The van der Waals surface area contributed by atoms with Crippen LogP contribution in [0.25, 0.3) is 0 Å². The van der Waals surface area contributed by atoms with Crippen LogP contribution in [0.4, 0.5) is 13.2 Å². The number of amides is 1. The maximum Gasteiger partial charge on any atom is 0.255 e. The van der Waals surface area contributed by atoms with Crippen LogP contribution in [-0.2, 0) is 14.6 Å². The first-order valence-electron chi connectivity index (χ1n) is 9.75. The van der Waals surface area contributed by atoms with Crippen LogP contribution in [0.15, 0.2) is 46.5 Å². The van der Waals surface area contributed by atoms with Gasteiger partial charge in [-0.2, -0.15) is 0 Å². The van der Waals surface area contributed by atoms with Crippen LogP contribution in [0.1, 0.15) is 29.6 Å². The van der Waals surface area contributed by atoms with E-state index >= 15 is 0 Å². The van der Waals surface area contributed by atoms with Crippen LogP contribution < -0.4 is 5.32 Å². The molecule has 3 aliphatic rings. The first kappa shape index (κ1) is 23.2. The molecule has 1 aliphatic carbocycles. The average molecular weight is 494 g/mol. The summed E-state index contributed by atoms with van der Waals surface area (Å²) in [6.45, 7) is 0. The van der Waals surface area contributed by atoms with Gasteiger partial charge in [0, 0.05) is 17.7 Å². The SMILES string of the molecule is O=C(NC1=CC(F)=C(F)C(F)C1)c1ccc(Cl)c(S(=O)(=O)C2C[C@@H]3O[C@H](C2)[C@@H](O)C3O)c1. The summed E-state index contributed by atoms with van der Waals surface area (Å²) in [5.74, 6) is -3.84. The zero-order valence-electron chi connectivity index (χ0n) is 16.3. The molecule has 2 heterocycles. The quantitative estimate of drug-likeness (QED) is 0.593. The first-order valence-corrected chi connectivity index (χ1v) is 11.7. The molecule has 0 spiro atoms. The fourth-order valence-electron chi connectivity index (χ4n) is 4.14. The number of sulfone groups is 1. The molecule has 2 bridgehead atoms. The van der Waals surface area contributed by atoms with Crippen LogP contribution in [0.3, 0.4) is 0 Å². The van der Waals surface area contributed by atoms with Crippen molar-refractivity contribution in [3.63, 3.8) is 0 Å². The van der Waals surface area contributed by atoms with E-state index in [1.54, 1.807) is 0 Å². The summed E-state index contributed by atoms with van der Waals surface area (Å²) in [4.78, 5) is 12.2. The highest BCUT2D eigenvalue weighted by molar-refractivity contribution is 7.92. The van der Waals surface area contributed by atoms with Gasteiger partial charge in [-0.15, -0.1) is 0 Å². The Morgan fingerprint density at radius 3 is 2.38 bits per heavy atom.